The summed E-state index contributed by atoms with van der Waals surface area (Å²) in [4.78, 5) is 20.4. The van der Waals surface area contributed by atoms with Crippen LogP contribution in [0.4, 0.5) is 10.1 Å². The molecule has 3 rings (SSSR count). The number of carbonyl (C=O) groups is 1. The van der Waals surface area contributed by atoms with Crippen molar-refractivity contribution >= 4 is 17.6 Å². The van der Waals surface area contributed by atoms with Crippen LogP contribution in [0.5, 0.6) is 0 Å². The van der Waals surface area contributed by atoms with E-state index in [4.69, 9.17) is 0 Å². The molecule has 0 radical (unpaired) electrons. The molecule has 1 fully saturated rings. The summed E-state index contributed by atoms with van der Waals surface area (Å²) in [6, 6.07) is 5.15. The zero-order valence-electron chi connectivity index (χ0n) is 15.2. The zero-order chi connectivity index (χ0) is 18.7. The SMILES string of the molecule is CN=C(NCc1ccc(C)c(F)c1)N1CCN(c2cnn(C)c2)C(=O)C1. The van der Waals surface area contributed by atoms with Gasteiger partial charge in [-0.25, -0.2) is 4.39 Å². The average Bonchev–Trinajstić information content (AvgIpc) is 3.04. The van der Waals surface area contributed by atoms with Crippen LogP contribution in [-0.4, -0.2) is 53.2 Å². The highest BCUT2D eigenvalue weighted by atomic mass is 19.1. The van der Waals surface area contributed by atoms with Crippen LogP contribution in [0, 0.1) is 12.7 Å². The summed E-state index contributed by atoms with van der Waals surface area (Å²) in [6.45, 7) is 3.63. The maximum absolute atomic E-state index is 13.7. The van der Waals surface area contributed by atoms with Crippen LogP contribution in [-0.2, 0) is 18.4 Å². The standard InChI is InChI=1S/C18H23FN6O/c1-13-4-5-14(8-16(13)19)9-21-18(20-2)24-6-7-25(17(26)12-24)15-10-22-23(3)11-15/h4-5,8,10-11H,6-7,9,12H2,1-3H3,(H,20,21). The molecule has 0 aliphatic carbocycles. The number of guanidine groups is 1. The monoisotopic (exact) mass is 358 g/mol. The zero-order valence-corrected chi connectivity index (χ0v) is 15.2. The molecule has 138 valence electrons. The Morgan fingerprint density at radius 2 is 2.19 bits per heavy atom. The quantitative estimate of drug-likeness (QED) is 0.663. The number of aromatic nitrogens is 2. The number of hydrogen-bond donors (Lipinski definition) is 1. The van der Waals surface area contributed by atoms with Crippen LogP contribution in [0.15, 0.2) is 35.6 Å². The summed E-state index contributed by atoms with van der Waals surface area (Å²) in [7, 11) is 3.50. The van der Waals surface area contributed by atoms with Crippen molar-refractivity contribution in [3.8, 4) is 0 Å². The van der Waals surface area contributed by atoms with Gasteiger partial charge in [0.15, 0.2) is 5.96 Å². The number of halogens is 1. The molecule has 0 saturated carbocycles. The van der Waals surface area contributed by atoms with Gasteiger partial charge in [-0.3, -0.25) is 14.5 Å². The molecule has 1 N–H and O–H groups in total. The lowest BCUT2D eigenvalue weighted by molar-refractivity contribution is -0.120. The van der Waals surface area contributed by atoms with Gasteiger partial charge in [0.05, 0.1) is 11.9 Å². The van der Waals surface area contributed by atoms with Gasteiger partial charge in [0, 0.05) is 39.9 Å². The minimum absolute atomic E-state index is 0.00594. The van der Waals surface area contributed by atoms with Gasteiger partial charge < -0.3 is 15.1 Å². The molecule has 0 atom stereocenters. The molecule has 0 spiro atoms. The van der Waals surface area contributed by atoms with Gasteiger partial charge in [0.2, 0.25) is 5.91 Å². The fraction of sp³-hybridized carbons (Fsp3) is 0.389. The third kappa shape index (κ3) is 3.84. The molecule has 1 saturated heterocycles. The fourth-order valence-corrected chi connectivity index (χ4v) is 2.93. The van der Waals surface area contributed by atoms with Gasteiger partial charge in [-0.1, -0.05) is 12.1 Å². The third-order valence-corrected chi connectivity index (χ3v) is 4.42. The Morgan fingerprint density at radius 3 is 2.81 bits per heavy atom. The summed E-state index contributed by atoms with van der Waals surface area (Å²) in [6.07, 6.45) is 3.51. The second-order valence-electron chi connectivity index (χ2n) is 6.32. The number of aliphatic imine (C=N–C) groups is 1. The van der Waals surface area contributed by atoms with Crippen LogP contribution in [0.25, 0.3) is 0 Å². The van der Waals surface area contributed by atoms with Crippen molar-refractivity contribution in [1.82, 2.24) is 20.0 Å². The minimum Gasteiger partial charge on any atom is -0.352 e. The smallest absolute Gasteiger partial charge is 0.246 e. The van der Waals surface area contributed by atoms with Gasteiger partial charge in [-0.05, 0) is 24.1 Å². The van der Waals surface area contributed by atoms with Crippen molar-refractivity contribution in [3.05, 3.63) is 47.5 Å². The first kappa shape index (κ1) is 17.9. The number of nitrogens with zero attached hydrogens (tertiary/aromatic N) is 5. The van der Waals surface area contributed by atoms with Crippen molar-refractivity contribution < 1.29 is 9.18 Å². The molecule has 0 bridgehead atoms. The molecular formula is C18H23FN6O. The maximum atomic E-state index is 13.7. The molecule has 1 aliphatic rings. The largest absolute Gasteiger partial charge is 0.352 e. The van der Waals surface area contributed by atoms with Gasteiger partial charge in [0.1, 0.15) is 12.4 Å². The van der Waals surface area contributed by atoms with E-state index in [9.17, 15) is 9.18 Å². The average molecular weight is 358 g/mol. The fourth-order valence-electron chi connectivity index (χ4n) is 2.93. The van der Waals surface area contributed by atoms with E-state index in [-0.39, 0.29) is 18.3 Å². The van der Waals surface area contributed by atoms with Crippen LogP contribution in [0.2, 0.25) is 0 Å². The van der Waals surface area contributed by atoms with Gasteiger partial charge in [0.25, 0.3) is 0 Å². The van der Waals surface area contributed by atoms with E-state index < -0.39 is 0 Å². The van der Waals surface area contributed by atoms with E-state index in [0.717, 1.165) is 11.3 Å². The van der Waals surface area contributed by atoms with E-state index in [1.807, 2.05) is 24.2 Å². The second-order valence-corrected chi connectivity index (χ2v) is 6.32. The molecule has 0 unspecified atom stereocenters. The van der Waals surface area contributed by atoms with E-state index in [2.05, 4.69) is 15.4 Å². The van der Waals surface area contributed by atoms with E-state index in [1.54, 1.807) is 35.8 Å². The Hall–Kier alpha value is -2.90. The first-order chi connectivity index (χ1) is 12.5. The highest BCUT2D eigenvalue weighted by molar-refractivity contribution is 5.98. The van der Waals surface area contributed by atoms with Gasteiger partial charge >= 0.3 is 0 Å². The van der Waals surface area contributed by atoms with Crippen LogP contribution in [0.1, 0.15) is 11.1 Å². The number of anilines is 1. The highest BCUT2D eigenvalue weighted by Crippen LogP contribution is 2.16. The van der Waals surface area contributed by atoms with E-state index in [0.29, 0.717) is 31.2 Å². The summed E-state index contributed by atoms with van der Waals surface area (Å²) >= 11 is 0. The number of rotatable bonds is 3. The number of nitrogens with one attached hydrogen (secondary N) is 1. The molecule has 1 aliphatic heterocycles. The van der Waals surface area contributed by atoms with Gasteiger partial charge in [-0.2, -0.15) is 5.10 Å². The number of piperazine rings is 1. The molecule has 2 heterocycles. The summed E-state index contributed by atoms with van der Waals surface area (Å²) in [5.41, 5.74) is 2.25. The van der Waals surface area contributed by atoms with Gasteiger partial charge in [-0.15, -0.1) is 0 Å². The first-order valence-corrected chi connectivity index (χ1v) is 8.47. The lowest BCUT2D eigenvalue weighted by Crippen LogP contribution is -2.55. The molecule has 1 aromatic carbocycles. The number of benzene rings is 1. The maximum Gasteiger partial charge on any atom is 0.246 e. The summed E-state index contributed by atoms with van der Waals surface area (Å²) in [5, 5.41) is 7.32. The third-order valence-electron chi connectivity index (χ3n) is 4.42. The Kier molecular flexibility index (Phi) is 5.20. The lowest BCUT2D eigenvalue weighted by atomic mass is 10.1. The van der Waals surface area contributed by atoms with Crippen molar-refractivity contribution in [3.63, 3.8) is 0 Å². The molecule has 2 aromatic rings. The second kappa shape index (κ2) is 7.55. The topological polar surface area (TPSA) is 65.8 Å². The Balaban J connectivity index is 1.61. The van der Waals surface area contributed by atoms with E-state index in [1.165, 1.54) is 6.07 Å². The molecule has 8 heteroatoms. The molecule has 1 aromatic heterocycles. The van der Waals surface area contributed by atoms with E-state index >= 15 is 0 Å². The van der Waals surface area contributed by atoms with Crippen LogP contribution < -0.4 is 10.2 Å². The summed E-state index contributed by atoms with van der Waals surface area (Å²) in [5.74, 6) is 0.401. The molecule has 7 nitrogen and oxygen atoms in total. The predicted octanol–water partition coefficient (Wildman–Crippen LogP) is 1.29. The van der Waals surface area contributed by atoms with Crippen molar-refractivity contribution in [2.75, 3.05) is 31.6 Å². The number of aryl methyl sites for hydroxylation is 2. The molecule has 26 heavy (non-hydrogen) atoms. The van der Waals surface area contributed by atoms with Crippen molar-refractivity contribution in [2.45, 2.75) is 13.5 Å². The molecular weight excluding hydrogens is 335 g/mol. The van der Waals surface area contributed by atoms with Crippen LogP contribution in [0.3, 0.4) is 0 Å². The first-order valence-electron chi connectivity index (χ1n) is 8.47. The minimum atomic E-state index is -0.223. The van der Waals surface area contributed by atoms with Crippen LogP contribution >= 0.6 is 0 Å². The Bertz CT molecular complexity index is 831. The normalized spacial score (nSPS) is 15.5. The Labute approximate surface area is 152 Å². The molecule has 1 amide bonds. The highest BCUT2D eigenvalue weighted by Gasteiger charge is 2.27. The number of carbonyl (C=O) groups excluding carboxylic acids is 1. The van der Waals surface area contributed by atoms with Crippen molar-refractivity contribution in [2.24, 2.45) is 12.0 Å². The van der Waals surface area contributed by atoms with Crippen molar-refractivity contribution in [1.29, 1.82) is 0 Å². The summed E-state index contributed by atoms with van der Waals surface area (Å²) < 4.78 is 15.3. The number of hydrogen-bond acceptors (Lipinski definition) is 3. The predicted molar refractivity (Wildman–Crippen MR) is 98.5 cm³/mol. The number of amides is 1. The Morgan fingerprint density at radius 1 is 1.38 bits per heavy atom. The lowest BCUT2D eigenvalue weighted by Gasteiger charge is -2.35.